The number of nitrogens with zero attached hydrogens (tertiary/aromatic N) is 1. The average Bonchev–Trinajstić information content (AvgIpc) is 2.63. The molecule has 1 aromatic rings. The van der Waals surface area contributed by atoms with Crippen molar-refractivity contribution in [2.75, 3.05) is 26.7 Å². The van der Waals surface area contributed by atoms with Crippen LogP contribution in [0.5, 0.6) is 0 Å². The van der Waals surface area contributed by atoms with E-state index in [0.717, 1.165) is 6.20 Å². The fourth-order valence-electron chi connectivity index (χ4n) is 2.46. The third kappa shape index (κ3) is 7.37. The maximum Gasteiger partial charge on any atom is 0.263 e. The number of hydrogen-bond acceptors (Lipinski definition) is 8. The zero-order valence-corrected chi connectivity index (χ0v) is 17.6. The largest absolute Gasteiger partial charge is 0.405 e. The van der Waals surface area contributed by atoms with E-state index in [1.54, 1.807) is 7.05 Å². The number of amides is 1. The summed E-state index contributed by atoms with van der Waals surface area (Å²) in [6.07, 6.45) is 2.24. The third-order valence-electron chi connectivity index (χ3n) is 3.75. The number of hydrogen-bond donors (Lipinski definition) is 4. The number of likely N-dealkylation sites (N-methyl/N-ethyl adjacent to an activating group) is 1. The molecule has 0 spiro atoms. The molecule has 1 heterocycles. The lowest BCUT2D eigenvalue weighted by Crippen LogP contribution is -2.35. The lowest BCUT2D eigenvalue weighted by atomic mass is 10.0. The summed E-state index contributed by atoms with van der Waals surface area (Å²) in [4.78, 5) is 51.2. The number of carbonyl (C=O) groups excluding carboxylic acids is 3. The van der Waals surface area contributed by atoms with Gasteiger partial charge in [-0.2, -0.15) is 0 Å². The Hall–Kier alpha value is -2.63. The van der Waals surface area contributed by atoms with Crippen LogP contribution >= 0.6 is 12.2 Å². The Labute approximate surface area is 173 Å². The third-order valence-corrected chi connectivity index (χ3v) is 4.07. The van der Waals surface area contributed by atoms with Crippen molar-refractivity contribution in [3.05, 3.63) is 32.6 Å². The normalized spacial score (nSPS) is 11.2. The zero-order valence-electron chi connectivity index (χ0n) is 16.7. The van der Waals surface area contributed by atoms with Gasteiger partial charge in [0.25, 0.3) is 5.56 Å². The summed E-state index contributed by atoms with van der Waals surface area (Å²) in [6.45, 7) is 4.34. The first kappa shape index (κ1) is 24.4. The minimum atomic E-state index is -0.976. The van der Waals surface area contributed by atoms with Crippen molar-refractivity contribution in [2.24, 2.45) is 5.73 Å². The number of aromatic nitrogens is 2. The molecule has 1 aromatic heterocycles. The van der Waals surface area contributed by atoms with E-state index in [9.17, 15) is 19.2 Å². The van der Waals surface area contributed by atoms with Gasteiger partial charge in [-0.1, -0.05) is 0 Å². The molecule has 0 aliphatic rings. The van der Waals surface area contributed by atoms with Gasteiger partial charge in [0.05, 0.1) is 24.9 Å². The molecule has 5 N–H and O–H groups in total. The van der Waals surface area contributed by atoms with Crippen molar-refractivity contribution < 1.29 is 19.1 Å². The first-order chi connectivity index (χ1) is 13.7. The molecule has 0 unspecified atom stereocenters. The van der Waals surface area contributed by atoms with Gasteiger partial charge in [-0.05, 0) is 45.4 Å². The summed E-state index contributed by atoms with van der Waals surface area (Å²) in [5.41, 5.74) is 4.48. The van der Waals surface area contributed by atoms with Crippen LogP contribution in [0.15, 0.2) is 11.0 Å². The van der Waals surface area contributed by atoms with E-state index in [1.807, 2.05) is 13.8 Å². The molecule has 1 rings (SSSR count). The van der Waals surface area contributed by atoms with Crippen LogP contribution in [0.25, 0.3) is 6.08 Å². The van der Waals surface area contributed by atoms with Crippen LogP contribution in [0, 0.1) is 4.77 Å². The van der Waals surface area contributed by atoms with Crippen LogP contribution in [0.2, 0.25) is 0 Å². The predicted molar refractivity (Wildman–Crippen MR) is 111 cm³/mol. The van der Waals surface area contributed by atoms with E-state index in [4.69, 9.17) is 22.7 Å². The van der Waals surface area contributed by atoms with E-state index in [2.05, 4.69) is 15.6 Å². The van der Waals surface area contributed by atoms with Gasteiger partial charge in [0, 0.05) is 19.5 Å². The smallest absolute Gasteiger partial charge is 0.263 e. The van der Waals surface area contributed by atoms with Crippen LogP contribution in [-0.4, -0.2) is 59.9 Å². The standard InChI is InChI=1S/C18H27N5O5S/c1-11(2)28-9-8-23-12(4-6-19)15(17(27)22-18(23)29)16(26)13(24)5-7-21-14(25)10-20-3/h4,6,11,20H,5,7-10,19H2,1-3H3,(H,21,25)(H,22,27,29)/b6-4-. The SMILES string of the molecule is CNCC(=O)NCCC(=O)C(=O)c1c(/C=C\N)n(CCOC(C)C)c(=S)[nH]c1=O. The molecule has 0 radical (unpaired) electrons. The number of ether oxygens (including phenoxy) is 1. The van der Waals surface area contributed by atoms with Crippen molar-refractivity contribution in [2.45, 2.75) is 32.9 Å². The molecule has 160 valence electrons. The van der Waals surface area contributed by atoms with Crippen molar-refractivity contribution in [3.63, 3.8) is 0 Å². The highest BCUT2D eigenvalue weighted by atomic mass is 32.1. The van der Waals surface area contributed by atoms with Gasteiger partial charge >= 0.3 is 0 Å². The second-order valence-corrected chi connectivity index (χ2v) is 6.72. The maximum atomic E-state index is 12.7. The molecule has 0 saturated carbocycles. The van der Waals surface area contributed by atoms with Crippen molar-refractivity contribution in [1.29, 1.82) is 0 Å². The summed E-state index contributed by atoms with van der Waals surface area (Å²) in [7, 11) is 1.61. The van der Waals surface area contributed by atoms with Crippen molar-refractivity contribution in [1.82, 2.24) is 20.2 Å². The summed E-state index contributed by atoms with van der Waals surface area (Å²) < 4.78 is 7.06. The number of Topliss-reactive ketones (excluding diaryl/α,β-unsaturated/α-hetero) is 2. The molecule has 0 aliphatic carbocycles. The molecule has 0 aromatic carbocycles. The van der Waals surface area contributed by atoms with Gasteiger partial charge in [0.15, 0.2) is 4.77 Å². The van der Waals surface area contributed by atoms with E-state index >= 15 is 0 Å². The first-order valence-electron chi connectivity index (χ1n) is 9.08. The summed E-state index contributed by atoms with van der Waals surface area (Å²) in [5, 5.41) is 5.17. The lowest BCUT2D eigenvalue weighted by molar-refractivity contribution is -0.120. The molecule has 0 atom stereocenters. The molecule has 11 heteroatoms. The van der Waals surface area contributed by atoms with Gasteiger partial charge in [0.1, 0.15) is 5.56 Å². The highest BCUT2D eigenvalue weighted by Gasteiger charge is 2.24. The van der Waals surface area contributed by atoms with Gasteiger partial charge in [-0.3, -0.25) is 24.2 Å². The molecular weight excluding hydrogens is 398 g/mol. The highest BCUT2D eigenvalue weighted by Crippen LogP contribution is 2.10. The van der Waals surface area contributed by atoms with Crippen molar-refractivity contribution in [3.8, 4) is 0 Å². The van der Waals surface area contributed by atoms with Gasteiger partial charge in [-0.25, -0.2) is 0 Å². The van der Waals surface area contributed by atoms with Crippen LogP contribution < -0.4 is 21.9 Å². The van der Waals surface area contributed by atoms with E-state index in [-0.39, 0.29) is 60.7 Å². The predicted octanol–water partition coefficient (Wildman–Crippen LogP) is -0.262. The first-order valence-corrected chi connectivity index (χ1v) is 9.49. The maximum absolute atomic E-state index is 12.7. The fourth-order valence-corrected chi connectivity index (χ4v) is 2.75. The minimum Gasteiger partial charge on any atom is -0.405 e. The quantitative estimate of drug-likeness (QED) is 0.203. The number of H-pyrrole nitrogens is 1. The summed E-state index contributed by atoms with van der Waals surface area (Å²) in [5.74, 6) is -2.10. The number of ketones is 2. The Morgan fingerprint density at radius 1 is 1.34 bits per heavy atom. The van der Waals surface area contributed by atoms with Crippen LogP contribution in [0.4, 0.5) is 0 Å². The molecular formula is C18H27N5O5S. The number of rotatable bonds is 12. The fraction of sp³-hybridized carbons (Fsp3) is 0.500. The van der Waals surface area contributed by atoms with Crippen molar-refractivity contribution >= 4 is 35.8 Å². The molecule has 0 aliphatic heterocycles. The molecule has 10 nitrogen and oxygen atoms in total. The van der Waals surface area contributed by atoms with E-state index in [1.165, 1.54) is 10.6 Å². The molecule has 0 fully saturated rings. The Balaban J connectivity index is 3.13. The Bertz CT molecular complexity index is 888. The Kier molecular flexibility index (Phi) is 10.1. The number of aromatic amines is 1. The summed E-state index contributed by atoms with van der Waals surface area (Å²) in [6, 6.07) is 0. The highest BCUT2D eigenvalue weighted by molar-refractivity contribution is 7.71. The monoisotopic (exact) mass is 425 g/mol. The summed E-state index contributed by atoms with van der Waals surface area (Å²) >= 11 is 5.18. The molecule has 1 amide bonds. The average molecular weight is 426 g/mol. The van der Waals surface area contributed by atoms with Gasteiger partial charge < -0.3 is 25.7 Å². The minimum absolute atomic E-state index is 0.0127. The van der Waals surface area contributed by atoms with Crippen LogP contribution in [0.1, 0.15) is 36.3 Å². The van der Waals surface area contributed by atoms with Gasteiger partial charge in [0.2, 0.25) is 17.5 Å². The topological polar surface area (TPSA) is 148 Å². The Morgan fingerprint density at radius 3 is 2.62 bits per heavy atom. The van der Waals surface area contributed by atoms with E-state index in [0.29, 0.717) is 0 Å². The van der Waals surface area contributed by atoms with Crippen LogP contribution in [0.3, 0.4) is 0 Å². The second kappa shape index (κ2) is 12.0. The lowest BCUT2D eigenvalue weighted by Gasteiger charge is -2.15. The van der Waals surface area contributed by atoms with Crippen LogP contribution in [-0.2, 0) is 20.9 Å². The number of nitrogens with one attached hydrogen (secondary N) is 3. The van der Waals surface area contributed by atoms with Gasteiger partial charge in [-0.15, -0.1) is 0 Å². The number of carbonyl (C=O) groups is 3. The molecule has 0 bridgehead atoms. The Morgan fingerprint density at radius 2 is 2.03 bits per heavy atom. The molecule has 0 saturated heterocycles. The second-order valence-electron chi connectivity index (χ2n) is 6.33. The zero-order chi connectivity index (χ0) is 22.0. The molecule has 29 heavy (non-hydrogen) atoms. The van der Waals surface area contributed by atoms with E-state index < -0.39 is 17.1 Å². The number of nitrogens with two attached hydrogens (primary N) is 1.